The fraction of sp³-hybridized carbons (Fsp3) is 0.267. The molecule has 0 aliphatic carbocycles. The summed E-state index contributed by atoms with van der Waals surface area (Å²) in [7, 11) is 0. The number of hydrogen-bond donors (Lipinski definition) is 1. The van der Waals surface area contributed by atoms with E-state index in [4.69, 9.17) is 22.7 Å². The molecule has 0 unspecified atom stereocenters. The molecule has 1 aromatic heterocycles. The first kappa shape index (κ1) is 14.4. The van der Waals surface area contributed by atoms with Crippen LogP contribution in [0.2, 0.25) is 0 Å². The van der Waals surface area contributed by atoms with Gasteiger partial charge in [0.1, 0.15) is 16.4 Å². The van der Waals surface area contributed by atoms with Crippen molar-refractivity contribution in [3.05, 3.63) is 46.3 Å². The van der Waals surface area contributed by atoms with Gasteiger partial charge in [-0.05, 0) is 56.5 Å². The fourth-order valence-corrected chi connectivity index (χ4v) is 2.02. The van der Waals surface area contributed by atoms with Crippen molar-refractivity contribution in [1.29, 1.82) is 0 Å². The van der Waals surface area contributed by atoms with Crippen molar-refractivity contribution in [2.75, 3.05) is 0 Å². The van der Waals surface area contributed by atoms with E-state index in [0.29, 0.717) is 5.69 Å². The molecule has 2 aromatic rings. The number of nitrogens with two attached hydrogens (primary N) is 1. The van der Waals surface area contributed by atoms with Crippen LogP contribution in [0.15, 0.2) is 18.2 Å². The first-order valence-corrected chi connectivity index (χ1v) is 6.69. The third-order valence-electron chi connectivity index (χ3n) is 3.05. The minimum Gasteiger partial charge on any atom is -0.424 e. The number of benzene rings is 1. The van der Waals surface area contributed by atoms with Crippen LogP contribution in [0.25, 0.3) is 0 Å². The molecule has 1 aromatic carbocycles. The number of aryl methyl sites for hydroxylation is 3. The number of aromatic nitrogens is 2. The Morgan fingerprint density at radius 3 is 2.45 bits per heavy atom. The lowest BCUT2D eigenvalue weighted by atomic mass is 10.1. The molecular formula is C15H17N3OS. The number of ether oxygens (including phenoxy) is 1. The number of rotatable bonds is 3. The molecule has 0 atom stereocenters. The molecule has 0 amide bonds. The van der Waals surface area contributed by atoms with Crippen molar-refractivity contribution in [2.45, 2.75) is 27.7 Å². The van der Waals surface area contributed by atoms with E-state index in [-0.39, 0.29) is 11.0 Å². The van der Waals surface area contributed by atoms with Gasteiger partial charge in [0.2, 0.25) is 0 Å². The van der Waals surface area contributed by atoms with Gasteiger partial charge >= 0.3 is 6.01 Å². The average molecular weight is 287 g/mol. The molecule has 4 nitrogen and oxygen atoms in total. The minimum atomic E-state index is 0.234. The van der Waals surface area contributed by atoms with Crippen LogP contribution >= 0.6 is 12.2 Å². The van der Waals surface area contributed by atoms with E-state index in [1.54, 1.807) is 6.07 Å². The third kappa shape index (κ3) is 3.11. The molecule has 0 saturated heterocycles. The van der Waals surface area contributed by atoms with Crippen molar-refractivity contribution < 1.29 is 4.74 Å². The van der Waals surface area contributed by atoms with Gasteiger partial charge in [0.15, 0.2) is 0 Å². The molecule has 0 radical (unpaired) electrons. The molecule has 2 rings (SSSR count). The van der Waals surface area contributed by atoms with Crippen LogP contribution in [0.4, 0.5) is 0 Å². The zero-order valence-electron chi connectivity index (χ0n) is 12.0. The van der Waals surface area contributed by atoms with Gasteiger partial charge in [-0.2, -0.15) is 4.98 Å². The summed E-state index contributed by atoms with van der Waals surface area (Å²) < 4.78 is 5.81. The Kier molecular flexibility index (Phi) is 3.99. The molecule has 1 heterocycles. The second kappa shape index (κ2) is 5.54. The van der Waals surface area contributed by atoms with Crippen LogP contribution in [0.5, 0.6) is 11.8 Å². The lowest BCUT2D eigenvalue weighted by Crippen LogP contribution is -2.13. The smallest absolute Gasteiger partial charge is 0.322 e. The maximum absolute atomic E-state index is 5.81. The second-order valence-electron chi connectivity index (χ2n) is 4.85. The lowest BCUT2D eigenvalue weighted by molar-refractivity contribution is 0.436. The topological polar surface area (TPSA) is 61.0 Å². The van der Waals surface area contributed by atoms with E-state index in [9.17, 15) is 0 Å². The summed E-state index contributed by atoms with van der Waals surface area (Å²) in [6, 6.07) is 6.08. The molecule has 5 heteroatoms. The maximum atomic E-state index is 5.81. The largest absolute Gasteiger partial charge is 0.424 e. The van der Waals surface area contributed by atoms with E-state index in [0.717, 1.165) is 22.6 Å². The molecule has 20 heavy (non-hydrogen) atoms. The first-order valence-electron chi connectivity index (χ1n) is 6.28. The van der Waals surface area contributed by atoms with Gasteiger partial charge < -0.3 is 10.5 Å². The van der Waals surface area contributed by atoms with Crippen molar-refractivity contribution in [3.63, 3.8) is 0 Å². The molecule has 0 aliphatic heterocycles. The lowest BCUT2D eigenvalue weighted by Gasteiger charge is -2.11. The third-order valence-corrected chi connectivity index (χ3v) is 3.26. The molecular weight excluding hydrogens is 270 g/mol. The quantitative estimate of drug-likeness (QED) is 0.879. The van der Waals surface area contributed by atoms with Crippen molar-refractivity contribution >= 4 is 17.2 Å². The monoisotopic (exact) mass is 287 g/mol. The second-order valence-corrected chi connectivity index (χ2v) is 5.29. The minimum absolute atomic E-state index is 0.234. The van der Waals surface area contributed by atoms with Crippen molar-refractivity contribution in [2.24, 2.45) is 5.73 Å². The van der Waals surface area contributed by atoms with E-state index in [1.165, 1.54) is 5.56 Å². The summed E-state index contributed by atoms with van der Waals surface area (Å²) in [6.45, 7) is 7.93. The van der Waals surface area contributed by atoms with E-state index in [1.807, 2.05) is 33.8 Å². The molecule has 0 spiro atoms. The molecule has 104 valence electrons. The van der Waals surface area contributed by atoms with Gasteiger partial charge in [-0.15, -0.1) is 0 Å². The highest BCUT2D eigenvalue weighted by Gasteiger charge is 2.10. The normalized spacial score (nSPS) is 10.4. The Labute approximate surface area is 124 Å². The highest BCUT2D eigenvalue weighted by atomic mass is 32.1. The summed E-state index contributed by atoms with van der Waals surface area (Å²) in [6.07, 6.45) is 0. The molecule has 0 bridgehead atoms. The Balaban J connectivity index is 2.42. The van der Waals surface area contributed by atoms with Crippen LogP contribution in [-0.2, 0) is 0 Å². The van der Waals surface area contributed by atoms with E-state index >= 15 is 0 Å². The molecule has 2 N–H and O–H groups in total. The highest BCUT2D eigenvalue weighted by molar-refractivity contribution is 7.80. The number of nitrogens with zero attached hydrogens (tertiary/aromatic N) is 2. The van der Waals surface area contributed by atoms with Crippen LogP contribution in [-0.4, -0.2) is 15.0 Å². The standard InChI is InChI=1S/C15H17N3OS/c1-8-5-9(2)11(4)13(6-8)19-15-17-10(3)7-12(18-15)14(16)20/h5-7H,1-4H3,(H2,16,20). The highest BCUT2D eigenvalue weighted by Crippen LogP contribution is 2.27. The van der Waals surface area contributed by atoms with E-state index < -0.39 is 0 Å². The number of hydrogen-bond acceptors (Lipinski definition) is 4. The molecule has 0 saturated carbocycles. The van der Waals surface area contributed by atoms with Gasteiger partial charge in [-0.1, -0.05) is 18.3 Å². The van der Waals surface area contributed by atoms with Crippen molar-refractivity contribution in [1.82, 2.24) is 9.97 Å². The van der Waals surface area contributed by atoms with Gasteiger partial charge in [-0.25, -0.2) is 4.98 Å². The van der Waals surface area contributed by atoms with Gasteiger partial charge in [0, 0.05) is 5.69 Å². The number of thiocarbonyl (C=S) groups is 1. The maximum Gasteiger partial charge on any atom is 0.322 e. The Morgan fingerprint density at radius 2 is 1.80 bits per heavy atom. The zero-order valence-corrected chi connectivity index (χ0v) is 12.8. The predicted molar refractivity (Wildman–Crippen MR) is 83.4 cm³/mol. The summed E-state index contributed by atoms with van der Waals surface area (Å²) in [5.41, 5.74) is 10.3. The van der Waals surface area contributed by atoms with Crippen LogP contribution < -0.4 is 10.5 Å². The van der Waals surface area contributed by atoms with Gasteiger partial charge in [0.05, 0.1) is 0 Å². The van der Waals surface area contributed by atoms with Crippen LogP contribution in [0, 0.1) is 27.7 Å². The van der Waals surface area contributed by atoms with Crippen molar-refractivity contribution in [3.8, 4) is 11.8 Å². The van der Waals surface area contributed by atoms with Crippen LogP contribution in [0.3, 0.4) is 0 Å². The summed E-state index contributed by atoms with van der Waals surface area (Å²) in [5.74, 6) is 0.752. The Hall–Kier alpha value is -2.01. The molecule has 0 fully saturated rings. The fourth-order valence-electron chi connectivity index (χ4n) is 1.92. The van der Waals surface area contributed by atoms with E-state index in [2.05, 4.69) is 16.0 Å². The summed E-state index contributed by atoms with van der Waals surface area (Å²) in [4.78, 5) is 8.73. The SMILES string of the molecule is Cc1cc(C)c(C)c(Oc2nc(C)cc(C(N)=S)n2)c1. The molecule has 0 aliphatic rings. The van der Waals surface area contributed by atoms with Crippen LogP contribution in [0.1, 0.15) is 28.1 Å². The summed E-state index contributed by atoms with van der Waals surface area (Å²) in [5, 5.41) is 0. The average Bonchev–Trinajstić information content (AvgIpc) is 2.34. The Morgan fingerprint density at radius 1 is 1.10 bits per heavy atom. The van der Waals surface area contributed by atoms with Gasteiger partial charge in [0.25, 0.3) is 0 Å². The Bertz CT molecular complexity index is 683. The first-order chi connectivity index (χ1) is 9.36. The van der Waals surface area contributed by atoms with Gasteiger partial charge in [-0.3, -0.25) is 0 Å². The predicted octanol–water partition coefficient (Wildman–Crippen LogP) is 3.14. The zero-order chi connectivity index (χ0) is 14.9. The summed E-state index contributed by atoms with van der Waals surface area (Å²) >= 11 is 4.95.